The van der Waals surface area contributed by atoms with E-state index in [4.69, 9.17) is 4.74 Å². The molecule has 3 aromatic carbocycles. The fourth-order valence-corrected chi connectivity index (χ4v) is 3.92. The van der Waals surface area contributed by atoms with E-state index in [0.29, 0.717) is 6.42 Å². The molecule has 0 unspecified atom stereocenters. The zero-order valence-corrected chi connectivity index (χ0v) is 18.1. The molecule has 0 aliphatic carbocycles. The van der Waals surface area contributed by atoms with Gasteiger partial charge in [-0.3, -0.25) is 9.36 Å². The van der Waals surface area contributed by atoms with E-state index in [1.54, 1.807) is 6.92 Å². The van der Waals surface area contributed by atoms with Crippen LogP contribution in [0.3, 0.4) is 0 Å². The lowest BCUT2D eigenvalue weighted by molar-refractivity contribution is 0.195. The maximum Gasteiger partial charge on any atom is 0.413 e. The average Bonchev–Trinajstić information content (AvgIpc) is 2.81. The van der Waals surface area contributed by atoms with Crippen molar-refractivity contribution in [2.24, 2.45) is 0 Å². The first-order valence-electron chi connectivity index (χ1n) is 10.5. The molecule has 33 heavy (non-hydrogen) atoms. The van der Waals surface area contributed by atoms with Gasteiger partial charge in [0, 0.05) is 5.39 Å². The zero-order valence-electron chi connectivity index (χ0n) is 18.1. The van der Waals surface area contributed by atoms with Crippen molar-refractivity contribution in [3.8, 4) is 11.4 Å². The average molecular weight is 448 g/mol. The van der Waals surface area contributed by atoms with E-state index in [9.17, 15) is 18.4 Å². The molecule has 1 atom stereocenters. The van der Waals surface area contributed by atoms with Crippen LogP contribution in [0.4, 0.5) is 13.6 Å². The van der Waals surface area contributed by atoms with E-state index in [1.807, 2.05) is 37.3 Å². The number of nitrogens with one attached hydrogen (secondary N) is 1. The molecule has 1 N–H and O–H groups in total. The normalized spacial score (nSPS) is 11.9. The van der Waals surface area contributed by atoms with Crippen LogP contribution in [-0.2, 0) is 0 Å². The van der Waals surface area contributed by atoms with Gasteiger partial charge in [-0.1, -0.05) is 55.5 Å². The third-order valence-electron chi connectivity index (χ3n) is 5.50. The van der Waals surface area contributed by atoms with Crippen molar-refractivity contribution in [2.75, 3.05) is 0 Å². The summed E-state index contributed by atoms with van der Waals surface area (Å²) in [6, 6.07) is 18.6. The second kappa shape index (κ2) is 9.24. The number of hydrogen-bond acceptors (Lipinski definition) is 3. The van der Waals surface area contributed by atoms with Crippen LogP contribution in [0.2, 0.25) is 0 Å². The summed E-state index contributed by atoms with van der Waals surface area (Å²) in [6.07, 6.45) is -0.125. The molecule has 0 saturated carbocycles. The highest BCUT2D eigenvalue weighted by molar-refractivity contribution is 5.91. The number of ether oxygens (including phenoxy) is 1. The summed E-state index contributed by atoms with van der Waals surface area (Å²) < 4.78 is 35.4. The summed E-state index contributed by atoms with van der Waals surface area (Å²) >= 11 is 0. The molecule has 168 valence electrons. The highest BCUT2D eigenvalue weighted by Crippen LogP contribution is 2.31. The van der Waals surface area contributed by atoms with Gasteiger partial charge in [-0.15, -0.1) is 0 Å². The van der Waals surface area contributed by atoms with Crippen LogP contribution in [0.25, 0.3) is 16.5 Å². The number of carbonyl (C=O) groups excluding carboxylic acids is 1. The molecule has 0 saturated heterocycles. The highest BCUT2D eigenvalue weighted by Gasteiger charge is 2.22. The third kappa shape index (κ3) is 4.35. The Bertz CT molecular complexity index is 1380. The largest absolute Gasteiger partial charge is 0.413 e. The van der Waals surface area contributed by atoms with E-state index in [1.165, 1.54) is 30.3 Å². The van der Waals surface area contributed by atoms with Gasteiger partial charge in [0.05, 0.1) is 22.8 Å². The van der Waals surface area contributed by atoms with Crippen LogP contribution in [0.1, 0.15) is 30.6 Å². The minimum atomic E-state index is -0.761. The molecule has 1 amide bonds. The molecule has 0 aliphatic heterocycles. The van der Waals surface area contributed by atoms with E-state index in [0.717, 1.165) is 22.3 Å². The Morgan fingerprint density at radius 1 is 1.03 bits per heavy atom. The van der Waals surface area contributed by atoms with E-state index < -0.39 is 23.3 Å². The SMILES string of the molecule is CC[C@H](NC(=O)Oc1c(C)n(-c2cccc(F)c2)c(=O)c2c(F)cccc12)c1ccccc1. The molecule has 0 fully saturated rings. The number of carbonyl (C=O) groups is 1. The number of fused-ring (bicyclic) bond motifs is 1. The molecule has 1 aromatic heterocycles. The Kier molecular flexibility index (Phi) is 6.22. The summed E-state index contributed by atoms with van der Waals surface area (Å²) in [5, 5.41) is 2.73. The van der Waals surface area contributed by atoms with E-state index >= 15 is 0 Å². The predicted octanol–water partition coefficient (Wildman–Crippen LogP) is 5.82. The van der Waals surface area contributed by atoms with Gasteiger partial charge in [-0.05, 0) is 43.2 Å². The highest BCUT2D eigenvalue weighted by atomic mass is 19.1. The lowest BCUT2D eigenvalue weighted by atomic mass is 10.1. The van der Waals surface area contributed by atoms with Crippen LogP contribution < -0.4 is 15.6 Å². The van der Waals surface area contributed by atoms with Gasteiger partial charge in [0.1, 0.15) is 11.6 Å². The number of aromatic nitrogens is 1. The van der Waals surface area contributed by atoms with Crippen molar-refractivity contribution < 1.29 is 18.3 Å². The molecule has 0 radical (unpaired) electrons. The smallest absolute Gasteiger partial charge is 0.408 e. The summed E-state index contributed by atoms with van der Waals surface area (Å²) in [6.45, 7) is 3.49. The molecule has 4 rings (SSSR count). The van der Waals surface area contributed by atoms with Crippen LogP contribution in [0, 0.1) is 18.6 Å². The summed E-state index contributed by atoms with van der Waals surface area (Å²) in [4.78, 5) is 26.0. The first-order valence-corrected chi connectivity index (χ1v) is 10.5. The van der Waals surface area contributed by atoms with Crippen LogP contribution in [-0.4, -0.2) is 10.7 Å². The second-order valence-corrected chi connectivity index (χ2v) is 7.60. The Balaban J connectivity index is 1.81. The Morgan fingerprint density at radius 3 is 2.45 bits per heavy atom. The number of hydrogen-bond donors (Lipinski definition) is 1. The standard InChI is InChI=1S/C26H22F2N2O3/c1-3-22(17-9-5-4-6-10-17)29-26(32)33-24-16(2)30(19-12-7-11-18(27)15-19)25(31)23-20(24)13-8-14-21(23)28/h4-15,22H,3H2,1-2H3,(H,29,32)/t22-/m0/s1. The number of pyridine rings is 1. The van der Waals surface area contributed by atoms with Gasteiger partial charge in [0.25, 0.3) is 5.56 Å². The molecular formula is C26H22F2N2O3. The van der Waals surface area contributed by atoms with Gasteiger partial charge >= 0.3 is 6.09 Å². The first kappa shape index (κ1) is 22.2. The van der Waals surface area contributed by atoms with Crippen LogP contribution in [0.5, 0.6) is 5.75 Å². The van der Waals surface area contributed by atoms with Gasteiger partial charge in [-0.2, -0.15) is 0 Å². The maximum atomic E-state index is 14.7. The Labute approximate surface area is 189 Å². The summed E-state index contributed by atoms with van der Waals surface area (Å²) in [5.41, 5.74) is 0.680. The predicted molar refractivity (Wildman–Crippen MR) is 123 cm³/mol. The van der Waals surface area contributed by atoms with Crippen molar-refractivity contribution >= 4 is 16.9 Å². The topological polar surface area (TPSA) is 60.3 Å². The Hall–Kier alpha value is -4.00. The van der Waals surface area contributed by atoms with E-state index in [-0.39, 0.29) is 33.9 Å². The van der Waals surface area contributed by atoms with E-state index in [2.05, 4.69) is 5.32 Å². The molecule has 7 heteroatoms. The van der Waals surface area contributed by atoms with Crippen molar-refractivity contribution in [2.45, 2.75) is 26.3 Å². The second-order valence-electron chi connectivity index (χ2n) is 7.60. The third-order valence-corrected chi connectivity index (χ3v) is 5.50. The van der Waals surface area contributed by atoms with Crippen LogP contribution >= 0.6 is 0 Å². The number of amides is 1. The fraction of sp³-hybridized carbons (Fsp3) is 0.154. The summed E-state index contributed by atoms with van der Waals surface area (Å²) in [5.74, 6) is -1.29. The fourth-order valence-electron chi connectivity index (χ4n) is 3.92. The zero-order chi connectivity index (χ0) is 23.5. The minimum absolute atomic E-state index is 0.0220. The van der Waals surface area contributed by atoms with Crippen molar-refractivity contribution in [1.29, 1.82) is 0 Å². The van der Waals surface area contributed by atoms with Crippen molar-refractivity contribution in [1.82, 2.24) is 9.88 Å². The quantitative estimate of drug-likeness (QED) is 0.419. The molecule has 5 nitrogen and oxygen atoms in total. The van der Waals surface area contributed by atoms with Crippen LogP contribution in [0.15, 0.2) is 77.6 Å². The monoisotopic (exact) mass is 448 g/mol. The van der Waals surface area contributed by atoms with Gasteiger partial charge in [0.2, 0.25) is 0 Å². The van der Waals surface area contributed by atoms with Gasteiger partial charge < -0.3 is 10.1 Å². The molecule has 0 aliphatic rings. The van der Waals surface area contributed by atoms with Crippen molar-refractivity contribution in [3.05, 3.63) is 106 Å². The molecule has 1 heterocycles. The lowest BCUT2D eigenvalue weighted by Gasteiger charge is -2.20. The number of halogens is 2. The minimum Gasteiger partial charge on any atom is -0.408 e. The molecular weight excluding hydrogens is 426 g/mol. The van der Waals surface area contributed by atoms with Gasteiger partial charge in [-0.25, -0.2) is 13.6 Å². The molecule has 0 spiro atoms. The number of nitrogens with zero attached hydrogens (tertiary/aromatic N) is 1. The number of benzene rings is 3. The molecule has 4 aromatic rings. The molecule has 0 bridgehead atoms. The maximum absolute atomic E-state index is 14.7. The Morgan fingerprint density at radius 2 is 1.76 bits per heavy atom. The lowest BCUT2D eigenvalue weighted by Crippen LogP contribution is -2.32. The summed E-state index contributed by atoms with van der Waals surface area (Å²) in [7, 11) is 0. The number of rotatable bonds is 5. The first-order chi connectivity index (χ1) is 15.9. The van der Waals surface area contributed by atoms with Gasteiger partial charge in [0.15, 0.2) is 5.75 Å². The van der Waals surface area contributed by atoms with Crippen molar-refractivity contribution in [3.63, 3.8) is 0 Å².